The van der Waals surface area contributed by atoms with Crippen molar-refractivity contribution in [2.75, 3.05) is 13.1 Å². The second-order valence-electron chi connectivity index (χ2n) is 5.93. The van der Waals surface area contributed by atoms with Crippen molar-refractivity contribution >= 4 is 5.97 Å². The Bertz CT molecular complexity index is 479. The molecule has 1 aromatic carbocycles. The van der Waals surface area contributed by atoms with E-state index in [4.69, 9.17) is 0 Å². The van der Waals surface area contributed by atoms with Gasteiger partial charge in [-0.05, 0) is 56.3 Å². The topological polar surface area (TPSA) is 40.5 Å². The molecule has 1 aliphatic heterocycles. The normalized spacial score (nSPS) is 27.2. The number of aryl methyl sites for hydroxylation is 1. The summed E-state index contributed by atoms with van der Waals surface area (Å²) in [6, 6.07) is 8.50. The Morgan fingerprint density at radius 2 is 1.89 bits per heavy atom. The molecule has 1 aromatic rings. The van der Waals surface area contributed by atoms with Gasteiger partial charge in [0.25, 0.3) is 0 Å². The van der Waals surface area contributed by atoms with Gasteiger partial charge in [-0.25, -0.2) is 0 Å². The van der Waals surface area contributed by atoms with Crippen molar-refractivity contribution in [2.24, 2.45) is 0 Å². The molecule has 1 N–H and O–H groups in total. The molecule has 0 bridgehead atoms. The van der Waals surface area contributed by atoms with Gasteiger partial charge in [-0.1, -0.05) is 24.3 Å². The molecule has 0 radical (unpaired) electrons. The Balaban J connectivity index is 1.91. The Hall–Kier alpha value is -1.35. The van der Waals surface area contributed by atoms with E-state index in [9.17, 15) is 9.90 Å². The molecule has 3 nitrogen and oxygen atoms in total. The summed E-state index contributed by atoms with van der Waals surface area (Å²) in [5.74, 6) is -0.661. The molecular weight excluding hydrogens is 238 g/mol. The van der Waals surface area contributed by atoms with Crippen LogP contribution >= 0.6 is 0 Å². The average Bonchev–Trinajstić information content (AvgIpc) is 2.92. The third-order valence-corrected chi connectivity index (χ3v) is 4.75. The summed E-state index contributed by atoms with van der Waals surface area (Å²) in [5.41, 5.74) is 2.61. The van der Waals surface area contributed by atoms with Gasteiger partial charge in [-0.2, -0.15) is 0 Å². The van der Waals surface area contributed by atoms with Gasteiger partial charge in [0, 0.05) is 5.54 Å². The molecule has 1 saturated heterocycles. The Morgan fingerprint density at radius 3 is 2.58 bits per heavy atom. The minimum Gasteiger partial charge on any atom is -0.481 e. The van der Waals surface area contributed by atoms with E-state index in [0.29, 0.717) is 0 Å². The predicted octanol–water partition coefficient (Wildman–Crippen LogP) is 2.48. The largest absolute Gasteiger partial charge is 0.481 e. The predicted molar refractivity (Wildman–Crippen MR) is 74.3 cm³/mol. The van der Waals surface area contributed by atoms with Crippen molar-refractivity contribution in [1.82, 2.24) is 4.90 Å². The van der Waals surface area contributed by atoms with Crippen LogP contribution in [0.3, 0.4) is 0 Å². The molecular formula is C16H21NO2. The number of carboxylic acid groups (broad SMARTS) is 1. The van der Waals surface area contributed by atoms with Crippen molar-refractivity contribution in [3.63, 3.8) is 0 Å². The molecule has 19 heavy (non-hydrogen) atoms. The monoisotopic (exact) mass is 259 g/mol. The second-order valence-corrected chi connectivity index (χ2v) is 5.93. The van der Waals surface area contributed by atoms with E-state index in [1.807, 2.05) is 0 Å². The third kappa shape index (κ3) is 2.39. The SMILES string of the molecule is O=C(O)CC1(N2CCCC2)CCc2ccccc2C1. The number of aliphatic carboxylic acids is 1. The number of likely N-dealkylation sites (tertiary alicyclic amines) is 1. The molecule has 1 aliphatic carbocycles. The fraction of sp³-hybridized carbons (Fsp3) is 0.562. The van der Waals surface area contributed by atoms with Crippen LogP contribution in [-0.4, -0.2) is 34.6 Å². The van der Waals surface area contributed by atoms with Crippen molar-refractivity contribution in [2.45, 2.75) is 44.1 Å². The van der Waals surface area contributed by atoms with Crippen LogP contribution < -0.4 is 0 Å². The smallest absolute Gasteiger partial charge is 0.305 e. The van der Waals surface area contributed by atoms with Gasteiger partial charge in [-0.15, -0.1) is 0 Å². The van der Waals surface area contributed by atoms with Gasteiger partial charge in [0.2, 0.25) is 0 Å². The van der Waals surface area contributed by atoms with Gasteiger partial charge in [0.1, 0.15) is 0 Å². The maximum Gasteiger partial charge on any atom is 0.305 e. The first-order valence-electron chi connectivity index (χ1n) is 7.23. The van der Waals surface area contributed by atoms with E-state index in [-0.39, 0.29) is 12.0 Å². The number of hydrogen-bond donors (Lipinski definition) is 1. The molecule has 1 unspecified atom stereocenters. The van der Waals surface area contributed by atoms with Crippen molar-refractivity contribution in [3.8, 4) is 0 Å². The summed E-state index contributed by atoms with van der Waals surface area (Å²) < 4.78 is 0. The lowest BCUT2D eigenvalue weighted by molar-refractivity contribution is -0.140. The molecule has 0 amide bonds. The van der Waals surface area contributed by atoms with Gasteiger partial charge < -0.3 is 5.11 Å². The molecule has 0 spiro atoms. The van der Waals surface area contributed by atoms with E-state index in [0.717, 1.165) is 32.4 Å². The molecule has 3 rings (SSSR count). The van der Waals surface area contributed by atoms with Crippen molar-refractivity contribution in [3.05, 3.63) is 35.4 Å². The number of nitrogens with zero attached hydrogens (tertiary/aromatic N) is 1. The Kier molecular flexibility index (Phi) is 3.31. The van der Waals surface area contributed by atoms with Gasteiger partial charge >= 0.3 is 5.97 Å². The first-order valence-corrected chi connectivity index (χ1v) is 7.23. The number of benzene rings is 1. The zero-order chi connectivity index (χ0) is 13.3. The summed E-state index contributed by atoms with van der Waals surface area (Å²) in [6.45, 7) is 2.13. The molecule has 3 heteroatoms. The maximum atomic E-state index is 11.3. The van der Waals surface area contributed by atoms with Crippen molar-refractivity contribution in [1.29, 1.82) is 0 Å². The highest BCUT2D eigenvalue weighted by Crippen LogP contribution is 2.37. The fourth-order valence-electron chi connectivity index (χ4n) is 3.79. The number of fused-ring (bicyclic) bond motifs is 1. The number of carbonyl (C=O) groups is 1. The fourth-order valence-corrected chi connectivity index (χ4v) is 3.79. The Labute approximate surface area is 114 Å². The maximum absolute atomic E-state index is 11.3. The van der Waals surface area contributed by atoms with Crippen LogP contribution in [0.25, 0.3) is 0 Å². The van der Waals surface area contributed by atoms with E-state index in [2.05, 4.69) is 29.2 Å². The van der Waals surface area contributed by atoms with Crippen LogP contribution in [0.15, 0.2) is 24.3 Å². The van der Waals surface area contributed by atoms with Crippen molar-refractivity contribution < 1.29 is 9.90 Å². The van der Waals surface area contributed by atoms with Gasteiger partial charge in [-0.3, -0.25) is 9.69 Å². The molecule has 0 aromatic heterocycles. The molecule has 1 fully saturated rings. The standard InChI is InChI=1S/C16H21NO2/c18-15(19)12-16(17-9-3-4-10-17)8-7-13-5-1-2-6-14(13)11-16/h1-2,5-6H,3-4,7-12H2,(H,18,19). The lowest BCUT2D eigenvalue weighted by Gasteiger charge is -2.44. The highest BCUT2D eigenvalue weighted by Gasteiger charge is 2.42. The molecule has 2 aliphatic rings. The van der Waals surface area contributed by atoms with E-state index >= 15 is 0 Å². The summed E-state index contributed by atoms with van der Waals surface area (Å²) in [6.07, 6.45) is 5.60. The summed E-state index contributed by atoms with van der Waals surface area (Å²) in [5, 5.41) is 9.31. The summed E-state index contributed by atoms with van der Waals surface area (Å²) >= 11 is 0. The minimum atomic E-state index is -0.661. The average molecular weight is 259 g/mol. The van der Waals surface area contributed by atoms with Crippen LogP contribution in [0.5, 0.6) is 0 Å². The van der Waals surface area contributed by atoms with Crippen LogP contribution in [0, 0.1) is 0 Å². The lowest BCUT2D eigenvalue weighted by Crippen LogP contribution is -2.52. The molecule has 1 atom stereocenters. The van der Waals surface area contributed by atoms with Crippen LogP contribution in [0.4, 0.5) is 0 Å². The first kappa shape index (κ1) is 12.7. The zero-order valence-electron chi connectivity index (χ0n) is 11.3. The zero-order valence-corrected chi connectivity index (χ0v) is 11.3. The highest BCUT2D eigenvalue weighted by atomic mass is 16.4. The van der Waals surface area contributed by atoms with E-state index in [1.54, 1.807) is 0 Å². The van der Waals surface area contributed by atoms with E-state index < -0.39 is 5.97 Å². The molecule has 1 heterocycles. The van der Waals surface area contributed by atoms with E-state index in [1.165, 1.54) is 24.0 Å². The van der Waals surface area contributed by atoms with Gasteiger partial charge in [0.15, 0.2) is 0 Å². The first-order chi connectivity index (χ1) is 9.20. The van der Waals surface area contributed by atoms with Crippen LogP contribution in [-0.2, 0) is 17.6 Å². The van der Waals surface area contributed by atoms with Crippen LogP contribution in [0.2, 0.25) is 0 Å². The quantitative estimate of drug-likeness (QED) is 0.906. The lowest BCUT2D eigenvalue weighted by atomic mass is 9.75. The molecule has 0 saturated carbocycles. The third-order valence-electron chi connectivity index (χ3n) is 4.75. The number of rotatable bonds is 3. The summed E-state index contributed by atoms with van der Waals surface area (Å²) in [7, 11) is 0. The van der Waals surface area contributed by atoms with Crippen LogP contribution in [0.1, 0.15) is 36.8 Å². The minimum absolute atomic E-state index is 0.142. The van der Waals surface area contributed by atoms with Gasteiger partial charge in [0.05, 0.1) is 6.42 Å². The highest BCUT2D eigenvalue weighted by molar-refractivity contribution is 5.68. The number of hydrogen-bond acceptors (Lipinski definition) is 2. The Morgan fingerprint density at radius 1 is 1.21 bits per heavy atom. The molecule has 102 valence electrons. The number of carboxylic acids is 1. The summed E-state index contributed by atoms with van der Waals surface area (Å²) in [4.78, 5) is 13.8. The second kappa shape index (κ2) is 4.97.